The highest BCUT2D eigenvalue weighted by molar-refractivity contribution is 5.05. The molecule has 3 atom stereocenters. The molecule has 1 N–H and O–H groups in total. The maximum absolute atomic E-state index is 11.2. The third-order valence-corrected chi connectivity index (χ3v) is 6.09. The molecule has 0 aromatic heterocycles. The number of fused-ring (bicyclic) bond motifs is 2. The molecule has 3 fully saturated rings. The summed E-state index contributed by atoms with van der Waals surface area (Å²) >= 11 is 0. The summed E-state index contributed by atoms with van der Waals surface area (Å²) in [6.07, 6.45) is 14.2. The van der Waals surface area contributed by atoms with Gasteiger partial charge in [0, 0.05) is 0 Å². The van der Waals surface area contributed by atoms with Crippen LogP contribution in [-0.2, 0) is 0 Å². The van der Waals surface area contributed by atoms with E-state index >= 15 is 0 Å². The summed E-state index contributed by atoms with van der Waals surface area (Å²) in [5, 5.41) is 11.2. The van der Waals surface area contributed by atoms with Gasteiger partial charge in [0.1, 0.15) is 0 Å². The van der Waals surface area contributed by atoms with E-state index in [1.165, 1.54) is 57.8 Å². The van der Waals surface area contributed by atoms with Crippen LogP contribution in [0.1, 0.15) is 77.6 Å². The van der Waals surface area contributed by atoms with E-state index < -0.39 is 0 Å². The third kappa shape index (κ3) is 1.95. The molecule has 0 heterocycles. The summed E-state index contributed by atoms with van der Waals surface area (Å²) in [5.74, 6) is 1.78. The first kappa shape index (κ1) is 12.0. The SMILES string of the molecule is CC1CC2CCC[C@](C3(O)CCCCC3)(C1)C2. The van der Waals surface area contributed by atoms with Crippen LogP contribution < -0.4 is 0 Å². The zero-order valence-corrected chi connectivity index (χ0v) is 11.4. The predicted molar refractivity (Wildman–Crippen MR) is 70.8 cm³/mol. The second-order valence-electron chi connectivity index (χ2n) is 7.38. The smallest absolute Gasteiger partial charge is 0.0703 e. The lowest BCUT2D eigenvalue weighted by molar-refractivity contribution is -0.158. The first-order valence-corrected chi connectivity index (χ1v) is 7.86. The highest BCUT2D eigenvalue weighted by Gasteiger charge is 2.54. The molecule has 3 rings (SSSR count). The van der Waals surface area contributed by atoms with E-state index in [1.807, 2.05) is 0 Å². The molecule has 0 spiro atoms. The molecular formula is C16H28O. The van der Waals surface area contributed by atoms with E-state index in [1.54, 1.807) is 0 Å². The van der Waals surface area contributed by atoms with Crippen molar-refractivity contribution in [2.75, 3.05) is 0 Å². The van der Waals surface area contributed by atoms with Gasteiger partial charge in [-0.15, -0.1) is 0 Å². The van der Waals surface area contributed by atoms with Crippen molar-refractivity contribution in [1.29, 1.82) is 0 Å². The molecule has 2 bridgehead atoms. The topological polar surface area (TPSA) is 20.2 Å². The maximum Gasteiger partial charge on any atom is 0.0703 e. The number of hydrogen-bond donors (Lipinski definition) is 1. The Bertz CT molecular complexity index is 275. The third-order valence-electron chi connectivity index (χ3n) is 6.09. The second kappa shape index (κ2) is 4.26. The first-order chi connectivity index (χ1) is 8.14. The monoisotopic (exact) mass is 236 g/mol. The van der Waals surface area contributed by atoms with Crippen molar-refractivity contribution in [3.63, 3.8) is 0 Å². The van der Waals surface area contributed by atoms with Gasteiger partial charge >= 0.3 is 0 Å². The molecule has 1 nitrogen and oxygen atoms in total. The van der Waals surface area contributed by atoms with Gasteiger partial charge < -0.3 is 5.11 Å². The van der Waals surface area contributed by atoms with Gasteiger partial charge in [-0.1, -0.05) is 39.0 Å². The normalized spacial score (nSPS) is 45.5. The Hall–Kier alpha value is -0.0400. The quantitative estimate of drug-likeness (QED) is 0.720. The van der Waals surface area contributed by atoms with E-state index in [-0.39, 0.29) is 5.60 Å². The Morgan fingerprint density at radius 1 is 0.941 bits per heavy atom. The Morgan fingerprint density at radius 3 is 2.47 bits per heavy atom. The zero-order valence-electron chi connectivity index (χ0n) is 11.4. The fourth-order valence-corrected chi connectivity index (χ4v) is 5.47. The number of hydrogen-bond acceptors (Lipinski definition) is 1. The first-order valence-electron chi connectivity index (χ1n) is 7.86. The Morgan fingerprint density at radius 2 is 1.71 bits per heavy atom. The van der Waals surface area contributed by atoms with Crippen LogP contribution in [-0.4, -0.2) is 10.7 Å². The van der Waals surface area contributed by atoms with Crippen molar-refractivity contribution in [2.45, 2.75) is 83.2 Å². The van der Waals surface area contributed by atoms with Crippen LogP contribution in [0.5, 0.6) is 0 Å². The standard InChI is InChI=1S/C16H28O/c1-13-10-14-6-5-7-15(11-13,12-14)16(17)8-3-2-4-9-16/h13-14,17H,2-12H2,1H3/t13?,14?,15-/m0/s1. The van der Waals surface area contributed by atoms with Crippen LogP contribution in [0.25, 0.3) is 0 Å². The van der Waals surface area contributed by atoms with Crippen LogP contribution in [0.4, 0.5) is 0 Å². The lowest BCUT2D eigenvalue weighted by Gasteiger charge is -2.57. The van der Waals surface area contributed by atoms with Gasteiger partial charge in [-0.3, -0.25) is 0 Å². The van der Waals surface area contributed by atoms with Crippen LogP contribution in [0.15, 0.2) is 0 Å². The molecule has 0 radical (unpaired) electrons. The van der Waals surface area contributed by atoms with E-state index in [0.717, 1.165) is 24.7 Å². The Labute approximate surface area is 106 Å². The van der Waals surface area contributed by atoms with E-state index in [9.17, 15) is 5.11 Å². The molecule has 1 heteroatoms. The molecule has 17 heavy (non-hydrogen) atoms. The maximum atomic E-state index is 11.2. The summed E-state index contributed by atoms with van der Waals surface area (Å²) < 4.78 is 0. The summed E-state index contributed by atoms with van der Waals surface area (Å²) in [7, 11) is 0. The lowest BCUT2D eigenvalue weighted by atomic mass is 9.50. The number of rotatable bonds is 1. The van der Waals surface area contributed by atoms with E-state index in [4.69, 9.17) is 0 Å². The molecule has 2 unspecified atom stereocenters. The highest BCUT2D eigenvalue weighted by atomic mass is 16.3. The van der Waals surface area contributed by atoms with E-state index in [2.05, 4.69) is 6.92 Å². The fourth-order valence-electron chi connectivity index (χ4n) is 5.47. The second-order valence-corrected chi connectivity index (χ2v) is 7.38. The minimum atomic E-state index is -0.293. The summed E-state index contributed by atoms with van der Waals surface area (Å²) in [6, 6.07) is 0. The Kier molecular flexibility index (Phi) is 3.01. The molecule has 3 aliphatic rings. The molecule has 3 saturated carbocycles. The number of aliphatic hydroxyl groups is 1. The summed E-state index contributed by atoms with van der Waals surface area (Å²) in [6.45, 7) is 2.42. The molecule has 0 saturated heterocycles. The molecule has 0 aromatic rings. The van der Waals surface area contributed by atoms with E-state index in [0.29, 0.717) is 5.41 Å². The van der Waals surface area contributed by atoms with Gasteiger partial charge in [-0.2, -0.15) is 0 Å². The molecule has 98 valence electrons. The zero-order chi connectivity index (χ0) is 11.9. The van der Waals surface area contributed by atoms with Crippen molar-refractivity contribution >= 4 is 0 Å². The van der Waals surface area contributed by atoms with Crippen LogP contribution in [0.2, 0.25) is 0 Å². The molecule has 0 aromatic carbocycles. The van der Waals surface area contributed by atoms with Crippen LogP contribution >= 0.6 is 0 Å². The Balaban J connectivity index is 1.86. The van der Waals surface area contributed by atoms with Crippen LogP contribution in [0.3, 0.4) is 0 Å². The minimum absolute atomic E-state index is 0.293. The molecule has 0 amide bonds. The minimum Gasteiger partial charge on any atom is -0.389 e. The van der Waals surface area contributed by atoms with Gasteiger partial charge in [-0.25, -0.2) is 0 Å². The van der Waals surface area contributed by atoms with Crippen molar-refractivity contribution < 1.29 is 5.11 Å². The van der Waals surface area contributed by atoms with Gasteiger partial charge in [-0.05, 0) is 55.8 Å². The highest BCUT2D eigenvalue weighted by Crippen LogP contribution is 2.59. The summed E-state index contributed by atoms with van der Waals surface area (Å²) in [5.41, 5.74) is 0.0204. The predicted octanol–water partition coefficient (Wildman–Crippen LogP) is 4.29. The van der Waals surface area contributed by atoms with Gasteiger partial charge in [0.15, 0.2) is 0 Å². The largest absolute Gasteiger partial charge is 0.389 e. The van der Waals surface area contributed by atoms with Gasteiger partial charge in [0.2, 0.25) is 0 Å². The van der Waals surface area contributed by atoms with Crippen molar-refractivity contribution in [2.24, 2.45) is 17.3 Å². The van der Waals surface area contributed by atoms with Crippen molar-refractivity contribution in [1.82, 2.24) is 0 Å². The summed E-state index contributed by atoms with van der Waals surface area (Å²) in [4.78, 5) is 0. The lowest BCUT2D eigenvalue weighted by Crippen LogP contribution is -2.54. The average Bonchev–Trinajstić information content (AvgIpc) is 2.29. The molecule has 3 aliphatic carbocycles. The van der Waals surface area contributed by atoms with Gasteiger partial charge in [0.25, 0.3) is 0 Å². The van der Waals surface area contributed by atoms with Crippen molar-refractivity contribution in [3.8, 4) is 0 Å². The molecule has 0 aliphatic heterocycles. The van der Waals surface area contributed by atoms with Gasteiger partial charge in [0.05, 0.1) is 5.60 Å². The van der Waals surface area contributed by atoms with Crippen LogP contribution in [0, 0.1) is 17.3 Å². The van der Waals surface area contributed by atoms with Crippen molar-refractivity contribution in [3.05, 3.63) is 0 Å². The molecular weight excluding hydrogens is 208 g/mol. The average molecular weight is 236 g/mol. The fraction of sp³-hybridized carbons (Fsp3) is 1.00.